The molecule has 5 nitrogen and oxygen atoms in total. The Hall–Kier alpha value is -1.30. The van der Waals surface area contributed by atoms with Crippen LogP contribution in [0.2, 0.25) is 0 Å². The molecule has 0 aromatic heterocycles. The third-order valence-corrected chi connectivity index (χ3v) is 7.76. The van der Waals surface area contributed by atoms with Gasteiger partial charge in [0.15, 0.2) is 0 Å². The zero-order valence-corrected chi connectivity index (χ0v) is 8.71. The number of hydrogen-bond donors (Lipinski definition) is 0. The van der Waals surface area contributed by atoms with Gasteiger partial charge in [0.1, 0.15) is 15.6 Å². The monoisotopic (exact) mass is 228 g/mol. The highest BCUT2D eigenvalue weighted by atomic mass is 32.3. The first kappa shape index (κ1) is 8.96. The van der Waals surface area contributed by atoms with Gasteiger partial charge in [-0.05, 0) is 6.92 Å². The first-order chi connectivity index (χ1) is 7.01. The quantitative estimate of drug-likeness (QED) is 0.332. The molecule has 0 radical (unpaired) electrons. The average molecular weight is 228 g/mol. The molecular weight excluding hydrogens is 220 g/mol. The smallest absolute Gasteiger partial charge is 0.327 e. The van der Waals surface area contributed by atoms with Crippen molar-refractivity contribution in [3.8, 4) is 0 Å². The summed E-state index contributed by atoms with van der Waals surface area (Å²) in [6.45, 7) is 5.34. The molecule has 3 rings (SSSR count). The molecule has 3 heterocycles. The van der Waals surface area contributed by atoms with Crippen LogP contribution in [0, 0.1) is 0 Å². The van der Waals surface area contributed by atoms with Gasteiger partial charge in [-0.1, -0.05) is 6.58 Å². The van der Waals surface area contributed by atoms with Crippen molar-refractivity contribution in [3.63, 3.8) is 0 Å². The molecule has 1 spiro atoms. The third-order valence-electron chi connectivity index (χ3n) is 3.23. The number of carbonyl (C=O) groups excluding carboxylic acids is 3. The summed E-state index contributed by atoms with van der Waals surface area (Å²) in [5, 5.41) is -1.03. The number of carbonyl (C=O) groups is 3. The van der Waals surface area contributed by atoms with Gasteiger partial charge in [-0.15, -0.1) is 10.0 Å². The Kier molecular flexibility index (Phi) is 1.35. The van der Waals surface area contributed by atoms with Crippen LogP contribution in [-0.2, 0) is 23.9 Å². The first-order valence-electron chi connectivity index (χ1n) is 4.47. The number of esters is 3. The van der Waals surface area contributed by atoms with Gasteiger partial charge in [-0.3, -0.25) is 14.4 Å². The maximum atomic E-state index is 11.4. The van der Waals surface area contributed by atoms with E-state index in [1.165, 1.54) is 0 Å². The molecule has 0 saturated carbocycles. The van der Waals surface area contributed by atoms with Crippen LogP contribution in [-0.4, -0.2) is 33.7 Å². The molecule has 3 saturated heterocycles. The van der Waals surface area contributed by atoms with Gasteiger partial charge >= 0.3 is 17.9 Å². The maximum Gasteiger partial charge on any atom is 0.327 e. The highest BCUT2D eigenvalue weighted by Crippen LogP contribution is 2.85. The van der Waals surface area contributed by atoms with E-state index in [0.717, 1.165) is 0 Å². The van der Waals surface area contributed by atoms with Crippen LogP contribution in [0.1, 0.15) is 6.92 Å². The first-order valence-corrected chi connectivity index (χ1v) is 6.29. The van der Waals surface area contributed by atoms with E-state index in [1.807, 2.05) is 0 Å². The molecule has 0 aliphatic carbocycles. The zero-order valence-electron chi connectivity index (χ0n) is 7.89. The lowest BCUT2D eigenvalue weighted by molar-refractivity contribution is -0.152. The molecule has 15 heavy (non-hydrogen) atoms. The molecule has 6 heteroatoms. The van der Waals surface area contributed by atoms with Gasteiger partial charge in [0.05, 0.1) is 5.25 Å². The van der Waals surface area contributed by atoms with E-state index in [0.29, 0.717) is 5.09 Å². The summed E-state index contributed by atoms with van der Waals surface area (Å²) in [4.78, 5) is 34.1. The van der Waals surface area contributed by atoms with Crippen molar-refractivity contribution in [2.75, 3.05) is 0 Å². The van der Waals surface area contributed by atoms with Crippen LogP contribution in [0.25, 0.3) is 0 Å². The van der Waals surface area contributed by atoms with E-state index in [4.69, 9.17) is 4.74 Å². The molecule has 3 atom stereocenters. The van der Waals surface area contributed by atoms with Crippen LogP contribution >= 0.6 is 10.0 Å². The lowest BCUT2D eigenvalue weighted by atomic mass is 10.4. The summed E-state index contributed by atoms with van der Waals surface area (Å²) >= 11 is 0. The normalized spacial score (nSPS) is 51.1. The van der Waals surface area contributed by atoms with Crippen molar-refractivity contribution in [2.45, 2.75) is 22.7 Å². The molecule has 0 amide bonds. The minimum absolute atomic E-state index is 0.319. The minimum atomic E-state index is -1.77. The van der Waals surface area contributed by atoms with Gasteiger partial charge in [0.2, 0.25) is 0 Å². The molecular formula is C9H8O5S. The molecule has 0 N–H and O–H groups in total. The highest BCUT2D eigenvalue weighted by molar-refractivity contribution is 8.45. The fourth-order valence-corrected chi connectivity index (χ4v) is 6.83. The van der Waals surface area contributed by atoms with Gasteiger partial charge in [-0.2, -0.15) is 0 Å². The van der Waals surface area contributed by atoms with Crippen molar-refractivity contribution >= 4 is 27.9 Å². The van der Waals surface area contributed by atoms with E-state index in [2.05, 4.69) is 11.3 Å². The van der Waals surface area contributed by atoms with E-state index in [-0.39, 0.29) is 5.97 Å². The fourth-order valence-electron chi connectivity index (χ4n) is 2.45. The Bertz CT molecular complexity index is 420. The van der Waals surface area contributed by atoms with E-state index >= 15 is 0 Å². The molecule has 3 aliphatic rings. The van der Waals surface area contributed by atoms with Gasteiger partial charge in [-0.25, -0.2) is 0 Å². The number of fused-ring (bicyclic) bond motifs is 3. The predicted molar refractivity (Wildman–Crippen MR) is 51.0 cm³/mol. The SMILES string of the molecule is C=C1OC(=O)C(C)S12C1C(=O)OC(=O)C12. The van der Waals surface area contributed by atoms with Crippen LogP contribution in [0.4, 0.5) is 0 Å². The van der Waals surface area contributed by atoms with E-state index in [9.17, 15) is 14.4 Å². The summed E-state index contributed by atoms with van der Waals surface area (Å²) in [6.07, 6.45) is 0. The summed E-state index contributed by atoms with van der Waals surface area (Å²) in [5.41, 5.74) is 0. The fraction of sp³-hybridized carbons (Fsp3) is 0.444. The number of hydrogen-bond acceptors (Lipinski definition) is 5. The summed E-state index contributed by atoms with van der Waals surface area (Å²) < 4.78 is 9.40. The molecule has 0 bridgehead atoms. The van der Waals surface area contributed by atoms with Gasteiger partial charge in [0.25, 0.3) is 0 Å². The van der Waals surface area contributed by atoms with Gasteiger partial charge < -0.3 is 9.47 Å². The zero-order chi connectivity index (χ0) is 11.0. The summed E-state index contributed by atoms with van der Waals surface area (Å²) in [7, 11) is -1.77. The topological polar surface area (TPSA) is 69.7 Å². The Balaban J connectivity index is 2.09. The van der Waals surface area contributed by atoms with Crippen molar-refractivity contribution in [1.82, 2.24) is 0 Å². The van der Waals surface area contributed by atoms with Crippen molar-refractivity contribution in [2.24, 2.45) is 0 Å². The Morgan fingerprint density at radius 1 is 1.07 bits per heavy atom. The van der Waals surface area contributed by atoms with Crippen LogP contribution < -0.4 is 0 Å². The summed E-state index contributed by atoms with van der Waals surface area (Å²) in [6, 6.07) is 0. The predicted octanol–water partition coefficient (Wildman–Crippen LogP) is 0.0417. The number of ether oxygens (including phenoxy) is 2. The second-order valence-corrected chi connectivity index (χ2v) is 7.48. The Morgan fingerprint density at radius 2 is 1.60 bits per heavy atom. The largest absolute Gasteiger partial charge is 0.421 e. The van der Waals surface area contributed by atoms with Crippen LogP contribution in [0.15, 0.2) is 11.7 Å². The van der Waals surface area contributed by atoms with E-state index < -0.39 is 37.7 Å². The second-order valence-electron chi connectivity index (χ2n) is 3.78. The molecule has 0 aromatic carbocycles. The van der Waals surface area contributed by atoms with Crippen molar-refractivity contribution in [1.29, 1.82) is 0 Å². The standard InChI is InChI=1S/C9H8O5S/c1-3-7(10)13-4(2)15(3)5-6(15)9(12)14-8(5)11/h3,5-6H,2H2,1H3. The van der Waals surface area contributed by atoms with Gasteiger partial charge in [0, 0.05) is 0 Å². The highest BCUT2D eigenvalue weighted by Gasteiger charge is 2.80. The molecule has 0 aromatic rings. The Labute approximate surface area is 86.7 Å². The molecule has 3 aliphatic heterocycles. The molecule has 80 valence electrons. The lowest BCUT2D eigenvalue weighted by Crippen LogP contribution is -2.18. The lowest BCUT2D eigenvalue weighted by Gasteiger charge is -2.19. The van der Waals surface area contributed by atoms with Crippen LogP contribution in [0.3, 0.4) is 0 Å². The average Bonchev–Trinajstić information content (AvgIpc) is 2.71. The number of rotatable bonds is 0. The molecule has 3 unspecified atom stereocenters. The number of cyclic esters (lactones) is 3. The maximum absolute atomic E-state index is 11.4. The minimum Gasteiger partial charge on any atom is -0.421 e. The second kappa shape index (κ2) is 2.27. The van der Waals surface area contributed by atoms with Crippen molar-refractivity contribution in [3.05, 3.63) is 11.7 Å². The third kappa shape index (κ3) is 0.728. The van der Waals surface area contributed by atoms with Crippen LogP contribution in [0.5, 0.6) is 0 Å². The van der Waals surface area contributed by atoms with E-state index in [1.54, 1.807) is 6.92 Å². The Morgan fingerprint density at radius 3 is 2.00 bits per heavy atom. The molecule has 3 fully saturated rings. The van der Waals surface area contributed by atoms with Crippen molar-refractivity contribution < 1.29 is 23.9 Å². The summed E-state index contributed by atoms with van der Waals surface area (Å²) in [5.74, 6) is -1.43.